The van der Waals surface area contributed by atoms with Gasteiger partial charge in [0.05, 0.1) is 18.6 Å². The monoisotopic (exact) mass is 401 g/mol. The normalized spacial score (nSPS) is 13.8. The van der Waals surface area contributed by atoms with Crippen LogP contribution in [0, 0.1) is 0 Å². The molecular weight excluding hydrogens is 354 g/mol. The van der Waals surface area contributed by atoms with E-state index < -0.39 is 18.2 Å². The van der Waals surface area contributed by atoms with Gasteiger partial charge in [-0.05, 0) is 12.8 Å². The summed E-state index contributed by atoms with van der Waals surface area (Å²) in [6, 6.07) is 0. The van der Waals surface area contributed by atoms with E-state index >= 15 is 0 Å². The van der Waals surface area contributed by atoms with Gasteiger partial charge >= 0.3 is 5.97 Å². The van der Waals surface area contributed by atoms with E-state index in [0.29, 0.717) is 19.6 Å². The van der Waals surface area contributed by atoms with Crippen LogP contribution in [0.3, 0.4) is 0 Å². The molecule has 3 N–H and O–H groups in total. The highest BCUT2D eigenvalue weighted by Gasteiger charge is 2.16. The highest BCUT2D eigenvalue weighted by Crippen LogP contribution is 2.12. The van der Waals surface area contributed by atoms with E-state index in [9.17, 15) is 15.0 Å². The van der Waals surface area contributed by atoms with Crippen LogP contribution in [0.2, 0.25) is 0 Å². The second-order valence-corrected chi connectivity index (χ2v) is 8.32. The number of carbonyl (C=O) groups is 1. The standard InChI is InChI=1S/C23H47NO4/c1-3-5-7-9-11-13-15-21(25)19-24(18-17-23(27)28)20-22(26)16-14-12-10-8-6-4-2/h21-22,25-26H,3-20H2,1-2H3,(H,27,28). The van der Waals surface area contributed by atoms with Gasteiger partial charge < -0.3 is 15.3 Å². The molecule has 0 aromatic carbocycles. The van der Waals surface area contributed by atoms with E-state index in [1.807, 2.05) is 4.90 Å². The number of aliphatic hydroxyl groups excluding tert-OH is 2. The Bertz CT molecular complexity index is 327. The summed E-state index contributed by atoms with van der Waals surface area (Å²) in [5.41, 5.74) is 0. The Balaban J connectivity index is 4.09. The van der Waals surface area contributed by atoms with Crippen molar-refractivity contribution in [2.75, 3.05) is 19.6 Å². The van der Waals surface area contributed by atoms with Crippen LogP contribution < -0.4 is 0 Å². The molecule has 168 valence electrons. The van der Waals surface area contributed by atoms with Gasteiger partial charge in [0, 0.05) is 19.6 Å². The van der Waals surface area contributed by atoms with Crippen molar-refractivity contribution in [2.45, 2.75) is 122 Å². The number of hydrogen-bond acceptors (Lipinski definition) is 4. The Hall–Kier alpha value is -0.650. The van der Waals surface area contributed by atoms with Gasteiger partial charge in [0.15, 0.2) is 0 Å². The summed E-state index contributed by atoms with van der Waals surface area (Å²) < 4.78 is 0. The number of hydrogen-bond donors (Lipinski definition) is 3. The fourth-order valence-corrected chi connectivity index (χ4v) is 3.61. The number of unbranched alkanes of at least 4 members (excludes halogenated alkanes) is 10. The van der Waals surface area contributed by atoms with Crippen molar-refractivity contribution in [3.8, 4) is 0 Å². The zero-order valence-electron chi connectivity index (χ0n) is 18.6. The SMILES string of the molecule is CCCCCCCCC(O)CN(CCC(=O)O)CC(O)CCCCCCCC. The van der Waals surface area contributed by atoms with E-state index in [-0.39, 0.29) is 6.42 Å². The Morgan fingerprint density at radius 3 is 1.50 bits per heavy atom. The lowest BCUT2D eigenvalue weighted by Crippen LogP contribution is -2.39. The first-order valence-electron chi connectivity index (χ1n) is 11.8. The molecule has 0 aliphatic carbocycles. The molecule has 2 atom stereocenters. The van der Waals surface area contributed by atoms with Gasteiger partial charge in [-0.15, -0.1) is 0 Å². The number of carboxylic acids is 1. The molecule has 5 heteroatoms. The lowest BCUT2D eigenvalue weighted by atomic mass is 10.1. The molecule has 0 spiro atoms. The number of nitrogens with zero attached hydrogens (tertiary/aromatic N) is 1. The summed E-state index contributed by atoms with van der Waals surface area (Å²) in [5.74, 6) is -0.833. The van der Waals surface area contributed by atoms with Crippen LogP contribution in [0.25, 0.3) is 0 Å². The second kappa shape index (κ2) is 19.7. The number of carboxylic acid groups (broad SMARTS) is 1. The van der Waals surface area contributed by atoms with E-state index in [4.69, 9.17) is 5.11 Å². The summed E-state index contributed by atoms with van der Waals surface area (Å²) in [7, 11) is 0. The smallest absolute Gasteiger partial charge is 0.304 e. The van der Waals surface area contributed by atoms with Crippen LogP contribution in [0.4, 0.5) is 0 Å². The maximum absolute atomic E-state index is 10.9. The molecule has 0 bridgehead atoms. The first kappa shape index (κ1) is 27.4. The van der Waals surface area contributed by atoms with Crippen molar-refractivity contribution in [3.63, 3.8) is 0 Å². The Morgan fingerprint density at radius 2 is 1.11 bits per heavy atom. The number of aliphatic carboxylic acids is 1. The minimum atomic E-state index is -0.833. The van der Waals surface area contributed by atoms with Crippen molar-refractivity contribution in [2.24, 2.45) is 0 Å². The van der Waals surface area contributed by atoms with E-state index in [0.717, 1.165) is 38.5 Å². The number of rotatable bonds is 21. The van der Waals surface area contributed by atoms with E-state index in [1.54, 1.807) is 0 Å². The zero-order valence-corrected chi connectivity index (χ0v) is 18.6. The zero-order chi connectivity index (χ0) is 21.0. The molecule has 0 aliphatic rings. The van der Waals surface area contributed by atoms with Crippen molar-refractivity contribution >= 4 is 5.97 Å². The predicted octanol–water partition coefficient (Wildman–Crippen LogP) is 4.99. The average molecular weight is 402 g/mol. The van der Waals surface area contributed by atoms with Crippen LogP contribution in [0.15, 0.2) is 0 Å². The van der Waals surface area contributed by atoms with Crippen molar-refractivity contribution in [3.05, 3.63) is 0 Å². The molecular formula is C23H47NO4. The van der Waals surface area contributed by atoms with Crippen LogP contribution in [0.1, 0.15) is 110 Å². The third-order valence-corrected chi connectivity index (χ3v) is 5.36. The second-order valence-electron chi connectivity index (χ2n) is 8.32. The molecule has 0 aromatic heterocycles. The largest absolute Gasteiger partial charge is 0.481 e. The van der Waals surface area contributed by atoms with Crippen LogP contribution >= 0.6 is 0 Å². The molecule has 0 heterocycles. The minimum Gasteiger partial charge on any atom is -0.481 e. The van der Waals surface area contributed by atoms with E-state index in [1.165, 1.54) is 51.4 Å². The van der Waals surface area contributed by atoms with E-state index in [2.05, 4.69) is 13.8 Å². The summed E-state index contributed by atoms with van der Waals surface area (Å²) in [4.78, 5) is 12.8. The van der Waals surface area contributed by atoms with Gasteiger partial charge in [-0.3, -0.25) is 9.69 Å². The van der Waals surface area contributed by atoms with Crippen LogP contribution in [0.5, 0.6) is 0 Å². The third-order valence-electron chi connectivity index (χ3n) is 5.36. The summed E-state index contributed by atoms with van der Waals surface area (Å²) in [6.07, 6.45) is 15.0. The molecule has 0 saturated carbocycles. The molecule has 2 unspecified atom stereocenters. The molecule has 28 heavy (non-hydrogen) atoms. The topological polar surface area (TPSA) is 81.0 Å². The third kappa shape index (κ3) is 18.7. The predicted molar refractivity (Wildman–Crippen MR) is 117 cm³/mol. The molecule has 0 amide bonds. The molecule has 0 fully saturated rings. The van der Waals surface area contributed by atoms with Crippen LogP contribution in [-0.2, 0) is 4.79 Å². The van der Waals surface area contributed by atoms with Gasteiger partial charge in [-0.1, -0.05) is 90.9 Å². The first-order chi connectivity index (χ1) is 13.5. The first-order valence-corrected chi connectivity index (χ1v) is 11.8. The van der Waals surface area contributed by atoms with Gasteiger partial charge in [0.1, 0.15) is 0 Å². The lowest BCUT2D eigenvalue weighted by molar-refractivity contribution is -0.137. The molecule has 0 aliphatic heterocycles. The summed E-state index contributed by atoms with van der Waals surface area (Å²) in [6.45, 7) is 5.70. The fourth-order valence-electron chi connectivity index (χ4n) is 3.61. The molecule has 5 nitrogen and oxygen atoms in total. The van der Waals surface area contributed by atoms with Crippen molar-refractivity contribution in [1.82, 2.24) is 4.90 Å². The highest BCUT2D eigenvalue weighted by atomic mass is 16.4. The molecule has 0 radical (unpaired) electrons. The van der Waals surface area contributed by atoms with Gasteiger partial charge in [0.25, 0.3) is 0 Å². The Labute approximate surface area is 173 Å². The lowest BCUT2D eigenvalue weighted by Gasteiger charge is -2.27. The fraction of sp³-hybridized carbons (Fsp3) is 0.957. The molecule has 0 rings (SSSR count). The molecule has 0 aromatic rings. The summed E-state index contributed by atoms with van der Waals surface area (Å²) >= 11 is 0. The minimum absolute atomic E-state index is 0.0491. The highest BCUT2D eigenvalue weighted by molar-refractivity contribution is 5.66. The van der Waals surface area contributed by atoms with Gasteiger partial charge in [0.2, 0.25) is 0 Å². The van der Waals surface area contributed by atoms with Crippen molar-refractivity contribution < 1.29 is 20.1 Å². The quantitative estimate of drug-likeness (QED) is 0.236. The Morgan fingerprint density at radius 1 is 0.714 bits per heavy atom. The van der Waals surface area contributed by atoms with Crippen LogP contribution in [-0.4, -0.2) is 58.0 Å². The molecule has 0 saturated heterocycles. The van der Waals surface area contributed by atoms with Gasteiger partial charge in [-0.2, -0.15) is 0 Å². The van der Waals surface area contributed by atoms with Crippen molar-refractivity contribution in [1.29, 1.82) is 0 Å². The summed E-state index contributed by atoms with van der Waals surface area (Å²) in [5, 5.41) is 29.6. The maximum atomic E-state index is 10.9. The number of aliphatic hydroxyl groups is 2. The average Bonchev–Trinajstić information content (AvgIpc) is 2.65. The van der Waals surface area contributed by atoms with Gasteiger partial charge in [-0.25, -0.2) is 0 Å². The maximum Gasteiger partial charge on any atom is 0.304 e. The Kier molecular flexibility index (Phi) is 19.2.